The van der Waals surface area contributed by atoms with Crippen molar-refractivity contribution in [3.63, 3.8) is 0 Å². The Morgan fingerprint density at radius 2 is 1.71 bits per heavy atom. The lowest BCUT2D eigenvalue weighted by Gasteiger charge is -2.11. The normalized spacial score (nSPS) is 15.4. The Labute approximate surface area is 170 Å². The van der Waals surface area contributed by atoms with Crippen molar-refractivity contribution in [2.24, 2.45) is 0 Å². The van der Waals surface area contributed by atoms with Gasteiger partial charge in [0.15, 0.2) is 0 Å². The smallest absolute Gasteiger partial charge is 0.329 e. The first-order valence-corrected chi connectivity index (χ1v) is 9.55. The number of nitrogens with one attached hydrogen (secondary N) is 1. The van der Waals surface area contributed by atoms with E-state index in [1.54, 1.807) is 12.1 Å². The van der Waals surface area contributed by atoms with Crippen molar-refractivity contribution in [3.8, 4) is 11.3 Å². The molecule has 0 spiro atoms. The largest absolute Gasteiger partial charge is 0.457 e. The van der Waals surface area contributed by atoms with E-state index in [1.165, 1.54) is 4.90 Å². The maximum Gasteiger partial charge on any atom is 0.329 e. The highest BCUT2D eigenvalue weighted by Gasteiger charge is 2.33. The summed E-state index contributed by atoms with van der Waals surface area (Å²) in [4.78, 5) is 26.1. The molecule has 3 aromatic rings. The second kappa shape index (κ2) is 7.48. The molecule has 0 saturated carbocycles. The van der Waals surface area contributed by atoms with E-state index in [0.29, 0.717) is 11.5 Å². The van der Waals surface area contributed by atoms with Crippen molar-refractivity contribution in [2.45, 2.75) is 13.5 Å². The van der Waals surface area contributed by atoms with Gasteiger partial charge in [0, 0.05) is 16.1 Å². The highest BCUT2D eigenvalue weighted by Crippen LogP contribution is 2.25. The molecule has 1 aliphatic heterocycles. The topological polar surface area (TPSA) is 62.6 Å². The van der Waals surface area contributed by atoms with Crippen LogP contribution in [0.5, 0.6) is 0 Å². The van der Waals surface area contributed by atoms with Gasteiger partial charge >= 0.3 is 6.03 Å². The van der Waals surface area contributed by atoms with E-state index < -0.39 is 6.03 Å². The SMILES string of the molecule is Cc1ccc(CN2C(=O)N/C(=C\c3ccc(-c4ccc(Br)cc4)o3)C2=O)cc1. The van der Waals surface area contributed by atoms with Gasteiger partial charge in [-0.25, -0.2) is 4.79 Å². The van der Waals surface area contributed by atoms with Crippen LogP contribution in [0.1, 0.15) is 16.9 Å². The third kappa shape index (κ3) is 3.77. The number of aryl methyl sites for hydroxylation is 1. The van der Waals surface area contributed by atoms with Gasteiger partial charge in [-0.3, -0.25) is 9.69 Å². The number of hydrogen-bond acceptors (Lipinski definition) is 3. The number of rotatable bonds is 4. The Hall–Kier alpha value is -3.12. The van der Waals surface area contributed by atoms with E-state index in [0.717, 1.165) is 21.2 Å². The van der Waals surface area contributed by atoms with Crippen molar-refractivity contribution in [1.29, 1.82) is 0 Å². The summed E-state index contributed by atoms with van der Waals surface area (Å²) in [7, 11) is 0. The van der Waals surface area contributed by atoms with Crippen LogP contribution in [0.15, 0.2) is 75.3 Å². The highest BCUT2D eigenvalue weighted by molar-refractivity contribution is 9.10. The lowest BCUT2D eigenvalue weighted by Crippen LogP contribution is -2.30. The summed E-state index contributed by atoms with van der Waals surface area (Å²) in [5.41, 5.74) is 3.15. The van der Waals surface area contributed by atoms with Gasteiger partial charge in [-0.05, 0) is 36.8 Å². The Morgan fingerprint density at radius 3 is 2.43 bits per heavy atom. The summed E-state index contributed by atoms with van der Waals surface area (Å²) < 4.78 is 6.79. The molecule has 4 rings (SSSR count). The Bertz CT molecular complexity index is 1070. The first-order chi connectivity index (χ1) is 13.5. The highest BCUT2D eigenvalue weighted by atomic mass is 79.9. The zero-order valence-corrected chi connectivity index (χ0v) is 16.7. The monoisotopic (exact) mass is 436 g/mol. The number of benzene rings is 2. The fourth-order valence-electron chi connectivity index (χ4n) is 2.93. The van der Waals surface area contributed by atoms with Crippen molar-refractivity contribution >= 4 is 33.9 Å². The molecule has 1 aliphatic rings. The zero-order valence-electron chi connectivity index (χ0n) is 15.1. The van der Waals surface area contributed by atoms with Gasteiger partial charge in [0.1, 0.15) is 17.2 Å². The molecule has 0 bridgehead atoms. The number of halogens is 1. The number of nitrogens with zero attached hydrogens (tertiary/aromatic N) is 1. The van der Waals surface area contributed by atoms with Gasteiger partial charge in [-0.1, -0.05) is 57.9 Å². The van der Waals surface area contributed by atoms with Crippen molar-refractivity contribution in [2.75, 3.05) is 0 Å². The van der Waals surface area contributed by atoms with Crippen LogP contribution in [0.2, 0.25) is 0 Å². The molecule has 1 fully saturated rings. The van der Waals surface area contributed by atoms with Crippen LogP contribution >= 0.6 is 15.9 Å². The Kier molecular flexibility index (Phi) is 4.88. The molecule has 140 valence electrons. The first-order valence-electron chi connectivity index (χ1n) is 8.75. The lowest BCUT2D eigenvalue weighted by atomic mass is 10.1. The molecule has 28 heavy (non-hydrogen) atoms. The minimum Gasteiger partial charge on any atom is -0.457 e. The molecule has 0 radical (unpaired) electrons. The van der Waals surface area contributed by atoms with E-state index in [1.807, 2.05) is 61.5 Å². The number of hydrogen-bond donors (Lipinski definition) is 1. The fraction of sp³-hybridized carbons (Fsp3) is 0.0909. The molecule has 6 heteroatoms. The van der Waals surface area contributed by atoms with Gasteiger partial charge in [0.25, 0.3) is 5.91 Å². The van der Waals surface area contributed by atoms with E-state index in [2.05, 4.69) is 21.2 Å². The number of urea groups is 1. The van der Waals surface area contributed by atoms with Crippen LogP contribution in [0.3, 0.4) is 0 Å². The maximum absolute atomic E-state index is 12.6. The third-order valence-electron chi connectivity index (χ3n) is 4.47. The molecule has 1 aromatic heterocycles. The lowest BCUT2D eigenvalue weighted by molar-refractivity contribution is -0.123. The fourth-order valence-corrected chi connectivity index (χ4v) is 3.20. The first kappa shape index (κ1) is 18.3. The van der Waals surface area contributed by atoms with E-state index in [4.69, 9.17) is 4.42 Å². The molecule has 2 heterocycles. The standard InChI is InChI=1S/C22H17BrN2O3/c1-14-2-4-15(5-3-14)13-25-21(26)19(24-22(25)27)12-18-10-11-20(28-18)16-6-8-17(23)9-7-16/h2-12H,13H2,1H3,(H,24,27)/b19-12-. The molecule has 0 unspecified atom stereocenters. The van der Waals surface area contributed by atoms with Crippen molar-refractivity contribution in [3.05, 3.63) is 87.7 Å². The zero-order chi connectivity index (χ0) is 19.7. The summed E-state index contributed by atoms with van der Waals surface area (Å²) in [5.74, 6) is 0.818. The summed E-state index contributed by atoms with van der Waals surface area (Å²) in [6.45, 7) is 2.22. The van der Waals surface area contributed by atoms with E-state index in [-0.39, 0.29) is 18.1 Å². The molecule has 0 aliphatic carbocycles. The number of carbonyl (C=O) groups is 2. The molecule has 5 nitrogen and oxygen atoms in total. The van der Waals surface area contributed by atoms with Gasteiger partial charge in [0.2, 0.25) is 0 Å². The quantitative estimate of drug-likeness (QED) is 0.456. The van der Waals surface area contributed by atoms with Gasteiger partial charge < -0.3 is 9.73 Å². The molecule has 2 aromatic carbocycles. The van der Waals surface area contributed by atoms with Crippen LogP contribution in [0, 0.1) is 6.92 Å². The van der Waals surface area contributed by atoms with Crippen LogP contribution in [-0.4, -0.2) is 16.8 Å². The second-order valence-electron chi connectivity index (χ2n) is 6.57. The molecule has 3 amide bonds. The number of carbonyl (C=O) groups excluding carboxylic acids is 2. The third-order valence-corrected chi connectivity index (χ3v) is 4.99. The van der Waals surface area contributed by atoms with Crippen LogP contribution in [0.4, 0.5) is 4.79 Å². The van der Waals surface area contributed by atoms with Crippen molar-refractivity contribution in [1.82, 2.24) is 10.2 Å². The van der Waals surface area contributed by atoms with Crippen LogP contribution in [0.25, 0.3) is 17.4 Å². The van der Waals surface area contributed by atoms with E-state index in [9.17, 15) is 9.59 Å². The predicted octanol–water partition coefficient (Wildman–Crippen LogP) is 5.11. The Morgan fingerprint density at radius 1 is 1.00 bits per heavy atom. The van der Waals surface area contributed by atoms with Gasteiger partial charge in [-0.2, -0.15) is 0 Å². The average molecular weight is 437 g/mol. The van der Waals surface area contributed by atoms with Crippen molar-refractivity contribution < 1.29 is 14.0 Å². The summed E-state index contributed by atoms with van der Waals surface area (Å²) in [6, 6.07) is 18.6. The predicted molar refractivity (Wildman–Crippen MR) is 110 cm³/mol. The van der Waals surface area contributed by atoms with Gasteiger partial charge in [-0.15, -0.1) is 0 Å². The number of furan rings is 1. The summed E-state index contributed by atoms with van der Waals surface area (Å²) >= 11 is 3.40. The second-order valence-corrected chi connectivity index (χ2v) is 7.49. The molecule has 1 N–H and O–H groups in total. The maximum atomic E-state index is 12.6. The van der Waals surface area contributed by atoms with Gasteiger partial charge in [0.05, 0.1) is 6.54 Å². The number of imide groups is 1. The molecule has 0 atom stereocenters. The average Bonchev–Trinajstić information content (AvgIpc) is 3.24. The van der Waals surface area contributed by atoms with Crippen LogP contribution in [-0.2, 0) is 11.3 Å². The van der Waals surface area contributed by atoms with E-state index >= 15 is 0 Å². The summed E-state index contributed by atoms with van der Waals surface area (Å²) in [5, 5.41) is 2.62. The van der Waals surface area contributed by atoms with Crippen LogP contribution < -0.4 is 5.32 Å². The molecule has 1 saturated heterocycles. The summed E-state index contributed by atoms with van der Waals surface area (Å²) in [6.07, 6.45) is 1.55. The number of amides is 3. The Balaban J connectivity index is 1.52. The molecular weight excluding hydrogens is 420 g/mol. The molecular formula is C22H17BrN2O3. The minimum absolute atomic E-state index is 0.203. The minimum atomic E-state index is -0.434.